The van der Waals surface area contributed by atoms with Gasteiger partial charge in [0.1, 0.15) is 5.76 Å². The second-order valence-corrected chi connectivity index (χ2v) is 6.07. The van der Waals surface area contributed by atoms with E-state index in [-0.39, 0.29) is 5.91 Å². The molecule has 1 aromatic carbocycles. The van der Waals surface area contributed by atoms with Gasteiger partial charge in [0.2, 0.25) is 5.91 Å². The van der Waals surface area contributed by atoms with Crippen LogP contribution in [0.3, 0.4) is 0 Å². The number of carbonyl (C=O) groups is 1. The minimum absolute atomic E-state index is 0.120. The highest BCUT2D eigenvalue weighted by Crippen LogP contribution is 2.11. The van der Waals surface area contributed by atoms with Crippen LogP contribution in [0.15, 0.2) is 47.1 Å². The molecule has 0 bridgehead atoms. The standard InChI is InChI=1S/C17H21NO2S/c1-14-4-6-15(7-5-14)8-9-17(19)18-10-12-21-13-16-3-2-11-20-16/h2-7,11H,8-10,12-13H2,1H3,(H,18,19). The minimum Gasteiger partial charge on any atom is -0.468 e. The summed E-state index contributed by atoms with van der Waals surface area (Å²) < 4.78 is 5.25. The van der Waals surface area contributed by atoms with Crippen molar-refractivity contribution in [3.8, 4) is 0 Å². The predicted octanol–water partition coefficient (Wildman–Crippen LogP) is 3.57. The average molecular weight is 303 g/mol. The van der Waals surface area contributed by atoms with Crippen LogP contribution in [0, 0.1) is 6.92 Å². The van der Waals surface area contributed by atoms with Gasteiger partial charge in [0.05, 0.1) is 12.0 Å². The molecular weight excluding hydrogens is 282 g/mol. The molecule has 0 saturated heterocycles. The largest absolute Gasteiger partial charge is 0.468 e. The lowest BCUT2D eigenvalue weighted by molar-refractivity contribution is -0.120. The molecule has 1 amide bonds. The highest BCUT2D eigenvalue weighted by molar-refractivity contribution is 7.98. The summed E-state index contributed by atoms with van der Waals surface area (Å²) in [6, 6.07) is 12.2. The van der Waals surface area contributed by atoms with Crippen molar-refractivity contribution < 1.29 is 9.21 Å². The van der Waals surface area contributed by atoms with E-state index in [0.29, 0.717) is 13.0 Å². The Hall–Kier alpha value is -1.68. The maximum absolute atomic E-state index is 11.7. The lowest BCUT2D eigenvalue weighted by atomic mass is 10.1. The van der Waals surface area contributed by atoms with Gasteiger partial charge in [-0.2, -0.15) is 11.8 Å². The van der Waals surface area contributed by atoms with Crippen molar-refractivity contribution >= 4 is 17.7 Å². The molecule has 0 unspecified atom stereocenters. The molecular formula is C17H21NO2S. The maximum Gasteiger partial charge on any atom is 0.220 e. The number of nitrogens with one attached hydrogen (secondary N) is 1. The summed E-state index contributed by atoms with van der Waals surface area (Å²) in [4.78, 5) is 11.7. The number of rotatable bonds is 8. The number of hydrogen-bond acceptors (Lipinski definition) is 3. The second kappa shape index (κ2) is 8.57. The minimum atomic E-state index is 0.120. The quantitative estimate of drug-likeness (QED) is 0.758. The molecule has 1 heterocycles. The van der Waals surface area contributed by atoms with Gasteiger partial charge in [-0.25, -0.2) is 0 Å². The molecule has 2 aromatic rings. The van der Waals surface area contributed by atoms with Crippen LogP contribution in [-0.2, 0) is 17.0 Å². The summed E-state index contributed by atoms with van der Waals surface area (Å²) in [6.45, 7) is 2.77. The van der Waals surface area contributed by atoms with Gasteiger partial charge in [-0.1, -0.05) is 29.8 Å². The zero-order valence-electron chi connectivity index (χ0n) is 12.3. The topological polar surface area (TPSA) is 42.2 Å². The molecule has 1 aromatic heterocycles. The van der Waals surface area contributed by atoms with E-state index >= 15 is 0 Å². The van der Waals surface area contributed by atoms with E-state index in [9.17, 15) is 4.79 Å². The number of hydrogen-bond donors (Lipinski definition) is 1. The van der Waals surface area contributed by atoms with Gasteiger partial charge in [0.25, 0.3) is 0 Å². The fraction of sp³-hybridized carbons (Fsp3) is 0.353. The first-order valence-electron chi connectivity index (χ1n) is 7.16. The first-order valence-corrected chi connectivity index (χ1v) is 8.32. The Morgan fingerprint density at radius 3 is 2.76 bits per heavy atom. The van der Waals surface area contributed by atoms with E-state index < -0.39 is 0 Å². The molecule has 0 aliphatic rings. The van der Waals surface area contributed by atoms with Crippen LogP contribution in [0.1, 0.15) is 23.3 Å². The molecule has 0 aliphatic carbocycles. The monoisotopic (exact) mass is 303 g/mol. The number of amides is 1. The molecule has 112 valence electrons. The lowest BCUT2D eigenvalue weighted by Crippen LogP contribution is -2.25. The van der Waals surface area contributed by atoms with E-state index in [1.165, 1.54) is 11.1 Å². The van der Waals surface area contributed by atoms with Crippen molar-refractivity contribution in [3.05, 3.63) is 59.5 Å². The van der Waals surface area contributed by atoms with Crippen molar-refractivity contribution in [1.82, 2.24) is 5.32 Å². The van der Waals surface area contributed by atoms with E-state index in [1.807, 2.05) is 12.1 Å². The van der Waals surface area contributed by atoms with Crippen LogP contribution in [0.2, 0.25) is 0 Å². The maximum atomic E-state index is 11.7. The molecule has 2 rings (SSSR count). The van der Waals surface area contributed by atoms with Crippen molar-refractivity contribution in [2.75, 3.05) is 12.3 Å². The highest BCUT2D eigenvalue weighted by atomic mass is 32.2. The average Bonchev–Trinajstić information content (AvgIpc) is 2.99. The first kappa shape index (κ1) is 15.7. The van der Waals surface area contributed by atoms with Crippen molar-refractivity contribution in [1.29, 1.82) is 0 Å². The van der Waals surface area contributed by atoms with Gasteiger partial charge in [-0.3, -0.25) is 4.79 Å². The Labute approximate surface area is 130 Å². The summed E-state index contributed by atoms with van der Waals surface area (Å²) in [7, 11) is 0. The zero-order chi connectivity index (χ0) is 14.9. The molecule has 0 saturated carbocycles. The van der Waals surface area contributed by atoms with Crippen molar-refractivity contribution in [3.63, 3.8) is 0 Å². The Kier molecular flexibility index (Phi) is 6.41. The van der Waals surface area contributed by atoms with Crippen LogP contribution in [0.5, 0.6) is 0 Å². The van der Waals surface area contributed by atoms with Crippen molar-refractivity contribution in [2.24, 2.45) is 0 Å². The van der Waals surface area contributed by atoms with Gasteiger partial charge >= 0.3 is 0 Å². The Balaban J connectivity index is 1.54. The summed E-state index contributed by atoms with van der Waals surface area (Å²) in [5, 5.41) is 2.95. The first-order chi connectivity index (χ1) is 10.2. The normalized spacial score (nSPS) is 10.5. The Morgan fingerprint density at radius 1 is 1.24 bits per heavy atom. The fourth-order valence-electron chi connectivity index (χ4n) is 1.93. The molecule has 0 atom stereocenters. The van der Waals surface area contributed by atoms with E-state index in [0.717, 1.165) is 23.7 Å². The lowest BCUT2D eigenvalue weighted by Gasteiger charge is -2.05. The Bertz CT molecular complexity index is 534. The van der Waals surface area contributed by atoms with E-state index in [2.05, 4.69) is 36.5 Å². The smallest absolute Gasteiger partial charge is 0.220 e. The number of carbonyl (C=O) groups excluding carboxylic acids is 1. The van der Waals surface area contributed by atoms with Crippen LogP contribution in [0.4, 0.5) is 0 Å². The molecule has 0 radical (unpaired) electrons. The third-order valence-corrected chi connectivity index (χ3v) is 4.14. The summed E-state index contributed by atoms with van der Waals surface area (Å²) >= 11 is 1.76. The van der Waals surface area contributed by atoms with Crippen LogP contribution in [0.25, 0.3) is 0 Å². The highest BCUT2D eigenvalue weighted by Gasteiger charge is 2.02. The predicted molar refractivity (Wildman–Crippen MR) is 87.4 cm³/mol. The summed E-state index contributed by atoms with van der Waals surface area (Å²) in [6.07, 6.45) is 3.03. The van der Waals surface area contributed by atoms with Gasteiger partial charge in [0, 0.05) is 18.7 Å². The molecule has 0 aliphatic heterocycles. The number of thioether (sulfide) groups is 1. The molecule has 4 heteroatoms. The van der Waals surface area contributed by atoms with Gasteiger partial charge in [0.15, 0.2) is 0 Å². The van der Waals surface area contributed by atoms with E-state index in [4.69, 9.17) is 4.42 Å². The third-order valence-electron chi connectivity index (χ3n) is 3.15. The van der Waals surface area contributed by atoms with Crippen molar-refractivity contribution in [2.45, 2.75) is 25.5 Å². The molecule has 3 nitrogen and oxygen atoms in total. The zero-order valence-corrected chi connectivity index (χ0v) is 13.1. The molecule has 0 spiro atoms. The van der Waals surface area contributed by atoms with Crippen LogP contribution >= 0.6 is 11.8 Å². The SMILES string of the molecule is Cc1ccc(CCC(=O)NCCSCc2ccco2)cc1. The van der Waals surface area contributed by atoms with Crippen LogP contribution in [-0.4, -0.2) is 18.2 Å². The third kappa shape index (κ3) is 6.08. The number of benzene rings is 1. The fourth-order valence-corrected chi connectivity index (χ4v) is 2.69. The summed E-state index contributed by atoms with van der Waals surface area (Å²) in [5.41, 5.74) is 2.46. The number of furan rings is 1. The van der Waals surface area contributed by atoms with E-state index in [1.54, 1.807) is 18.0 Å². The van der Waals surface area contributed by atoms with Crippen LogP contribution < -0.4 is 5.32 Å². The van der Waals surface area contributed by atoms with Gasteiger partial charge in [-0.05, 0) is 31.0 Å². The number of aryl methyl sites for hydroxylation is 2. The van der Waals surface area contributed by atoms with Gasteiger partial charge < -0.3 is 9.73 Å². The summed E-state index contributed by atoms with van der Waals surface area (Å²) in [5.74, 6) is 2.85. The molecule has 1 N–H and O–H groups in total. The van der Waals surface area contributed by atoms with Gasteiger partial charge in [-0.15, -0.1) is 0 Å². The second-order valence-electron chi connectivity index (χ2n) is 4.97. The molecule has 21 heavy (non-hydrogen) atoms. The molecule has 0 fully saturated rings. The Morgan fingerprint density at radius 2 is 2.05 bits per heavy atom.